The molecule has 4 aromatic rings. The first-order valence-electron chi connectivity index (χ1n) is 7.61. The number of aryl methyl sites for hydroxylation is 1. The van der Waals surface area contributed by atoms with Crippen LogP contribution in [0.25, 0.3) is 33.9 Å². The lowest BCUT2D eigenvalue weighted by Crippen LogP contribution is -1.90. The van der Waals surface area contributed by atoms with E-state index in [1.165, 1.54) is 0 Å². The molecule has 0 unspecified atom stereocenters. The number of hydrogen-bond donors (Lipinski definition) is 0. The molecule has 7 nitrogen and oxygen atoms in total. The minimum absolute atomic E-state index is 0.469. The maximum Gasteiger partial charge on any atom is 0.258 e. The van der Waals surface area contributed by atoms with E-state index in [-0.39, 0.29) is 0 Å². The Kier molecular flexibility index (Phi) is 3.45. The third kappa shape index (κ3) is 2.50. The molecule has 2 aromatic heterocycles. The van der Waals surface area contributed by atoms with Crippen LogP contribution >= 0.6 is 0 Å². The second-order valence-corrected chi connectivity index (χ2v) is 5.30. The highest BCUT2D eigenvalue weighted by Gasteiger charge is 2.12. The van der Waals surface area contributed by atoms with Crippen LogP contribution in [-0.2, 0) is 7.05 Å². The molecule has 24 heavy (non-hydrogen) atoms. The van der Waals surface area contributed by atoms with Gasteiger partial charge in [-0.05, 0) is 49.4 Å². The Morgan fingerprint density at radius 1 is 1.08 bits per heavy atom. The van der Waals surface area contributed by atoms with Crippen LogP contribution in [0.15, 0.2) is 47.0 Å². The molecule has 0 aliphatic carbocycles. The highest BCUT2D eigenvalue weighted by atomic mass is 16.5. The summed E-state index contributed by atoms with van der Waals surface area (Å²) in [5.41, 5.74) is 3.45. The van der Waals surface area contributed by atoms with E-state index in [4.69, 9.17) is 9.26 Å². The van der Waals surface area contributed by atoms with Crippen molar-refractivity contribution in [2.24, 2.45) is 7.05 Å². The number of rotatable bonds is 4. The first-order chi connectivity index (χ1) is 11.7. The highest BCUT2D eigenvalue weighted by molar-refractivity contribution is 5.80. The van der Waals surface area contributed by atoms with Gasteiger partial charge in [0.2, 0.25) is 5.82 Å². The molecular weight excluding hydrogens is 306 g/mol. The van der Waals surface area contributed by atoms with E-state index < -0.39 is 0 Å². The van der Waals surface area contributed by atoms with Gasteiger partial charge < -0.3 is 9.26 Å². The largest absolute Gasteiger partial charge is 0.494 e. The van der Waals surface area contributed by atoms with Gasteiger partial charge in [0.25, 0.3) is 5.89 Å². The fraction of sp³-hybridized carbons (Fsp3) is 0.176. The van der Waals surface area contributed by atoms with Crippen LogP contribution < -0.4 is 4.74 Å². The molecule has 0 saturated heterocycles. The topological polar surface area (TPSA) is 78.9 Å². The van der Waals surface area contributed by atoms with Gasteiger partial charge in [-0.3, -0.25) is 0 Å². The Morgan fingerprint density at radius 2 is 1.88 bits per heavy atom. The van der Waals surface area contributed by atoms with E-state index in [1.54, 1.807) is 4.68 Å². The summed E-state index contributed by atoms with van der Waals surface area (Å²) in [6.07, 6.45) is 0. The number of hydrogen-bond acceptors (Lipinski definition) is 6. The standard InChI is InChI=1S/C17H15N5O2/c1-3-23-13-7-4-11(5-8-13)17-18-16(20-24-17)12-6-9-14-15(10-12)22(2)21-19-14/h4-10H,3H2,1-2H3. The quantitative estimate of drug-likeness (QED) is 0.575. The molecule has 0 saturated carbocycles. The van der Waals surface area contributed by atoms with Gasteiger partial charge in [-0.2, -0.15) is 4.98 Å². The van der Waals surface area contributed by atoms with Crippen LogP contribution in [0, 0.1) is 0 Å². The zero-order valence-corrected chi connectivity index (χ0v) is 13.3. The van der Waals surface area contributed by atoms with Gasteiger partial charge >= 0.3 is 0 Å². The molecule has 120 valence electrons. The van der Waals surface area contributed by atoms with Gasteiger partial charge in [0.1, 0.15) is 11.3 Å². The maximum atomic E-state index is 5.43. The Morgan fingerprint density at radius 3 is 2.67 bits per heavy atom. The van der Waals surface area contributed by atoms with Crippen molar-refractivity contribution in [3.63, 3.8) is 0 Å². The van der Waals surface area contributed by atoms with Crippen LogP contribution in [0.3, 0.4) is 0 Å². The van der Waals surface area contributed by atoms with E-state index in [1.807, 2.05) is 56.4 Å². The van der Waals surface area contributed by atoms with Crippen LogP contribution in [0.5, 0.6) is 5.75 Å². The lowest BCUT2D eigenvalue weighted by molar-refractivity contribution is 0.340. The SMILES string of the molecule is CCOc1ccc(-c2nc(-c3ccc4nnn(C)c4c3)no2)cc1. The number of fused-ring (bicyclic) bond motifs is 1. The number of benzene rings is 2. The van der Waals surface area contributed by atoms with E-state index in [2.05, 4.69) is 20.5 Å². The minimum atomic E-state index is 0.469. The Bertz CT molecular complexity index is 988. The molecule has 0 spiro atoms. The molecule has 2 heterocycles. The lowest BCUT2D eigenvalue weighted by atomic mass is 10.2. The Labute approximate surface area is 137 Å². The zero-order chi connectivity index (χ0) is 16.5. The number of nitrogens with zero attached hydrogens (tertiary/aromatic N) is 5. The van der Waals surface area contributed by atoms with E-state index >= 15 is 0 Å². The monoisotopic (exact) mass is 321 g/mol. The molecule has 0 fully saturated rings. The van der Waals surface area contributed by atoms with Gasteiger partial charge in [0, 0.05) is 18.2 Å². The van der Waals surface area contributed by atoms with Crippen LogP contribution in [-0.4, -0.2) is 31.7 Å². The molecule has 0 aliphatic rings. The molecule has 0 bridgehead atoms. The third-order valence-electron chi connectivity index (χ3n) is 3.71. The van der Waals surface area contributed by atoms with Crippen LogP contribution in [0.1, 0.15) is 6.92 Å². The summed E-state index contributed by atoms with van der Waals surface area (Å²) in [6, 6.07) is 13.3. The van der Waals surface area contributed by atoms with Crippen molar-refractivity contribution >= 4 is 11.0 Å². The van der Waals surface area contributed by atoms with Crippen molar-refractivity contribution in [2.75, 3.05) is 6.61 Å². The molecular formula is C17H15N5O2. The lowest BCUT2D eigenvalue weighted by Gasteiger charge is -2.02. The Balaban J connectivity index is 1.66. The van der Waals surface area contributed by atoms with E-state index in [0.717, 1.165) is 27.9 Å². The van der Waals surface area contributed by atoms with E-state index in [9.17, 15) is 0 Å². The molecule has 0 radical (unpaired) electrons. The summed E-state index contributed by atoms with van der Waals surface area (Å²) >= 11 is 0. The van der Waals surface area contributed by atoms with Gasteiger partial charge in [-0.15, -0.1) is 5.10 Å². The molecule has 0 aliphatic heterocycles. The number of aromatic nitrogens is 5. The zero-order valence-electron chi connectivity index (χ0n) is 13.3. The van der Waals surface area contributed by atoms with Gasteiger partial charge in [0.15, 0.2) is 0 Å². The van der Waals surface area contributed by atoms with Gasteiger partial charge in [-0.1, -0.05) is 10.4 Å². The second kappa shape index (κ2) is 5.77. The van der Waals surface area contributed by atoms with Crippen molar-refractivity contribution in [1.82, 2.24) is 25.1 Å². The molecule has 0 atom stereocenters. The summed E-state index contributed by atoms with van der Waals surface area (Å²) < 4.78 is 12.5. The summed E-state index contributed by atoms with van der Waals surface area (Å²) in [7, 11) is 1.85. The van der Waals surface area contributed by atoms with Crippen molar-refractivity contribution in [1.29, 1.82) is 0 Å². The summed E-state index contributed by atoms with van der Waals surface area (Å²) in [6.45, 7) is 2.59. The van der Waals surface area contributed by atoms with Crippen LogP contribution in [0.2, 0.25) is 0 Å². The molecule has 4 rings (SSSR count). The predicted molar refractivity (Wildman–Crippen MR) is 88.4 cm³/mol. The molecule has 0 amide bonds. The average molecular weight is 321 g/mol. The van der Waals surface area contributed by atoms with Crippen molar-refractivity contribution in [2.45, 2.75) is 6.92 Å². The molecule has 0 N–H and O–H groups in total. The average Bonchev–Trinajstić information content (AvgIpc) is 3.23. The highest BCUT2D eigenvalue weighted by Crippen LogP contribution is 2.25. The molecule has 7 heteroatoms. The van der Waals surface area contributed by atoms with Crippen molar-refractivity contribution < 1.29 is 9.26 Å². The van der Waals surface area contributed by atoms with Gasteiger partial charge in [0.05, 0.1) is 12.1 Å². The fourth-order valence-corrected chi connectivity index (χ4v) is 2.49. The van der Waals surface area contributed by atoms with Crippen molar-refractivity contribution in [3.05, 3.63) is 42.5 Å². The minimum Gasteiger partial charge on any atom is -0.494 e. The fourth-order valence-electron chi connectivity index (χ4n) is 2.49. The van der Waals surface area contributed by atoms with Crippen molar-refractivity contribution in [3.8, 4) is 28.6 Å². The summed E-state index contributed by atoms with van der Waals surface area (Å²) in [5, 5.41) is 12.1. The normalized spacial score (nSPS) is 11.1. The first kappa shape index (κ1) is 14.4. The van der Waals surface area contributed by atoms with Crippen LogP contribution in [0.4, 0.5) is 0 Å². The molecule has 2 aromatic carbocycles. The first-order valence-corrected chi connectivity index (χ1v) is 7.61. The van der Waals surface area contributed by atoms with E-state index in [0.29, 0.717) is 18.3 Å². The predicted octanol–water partition coefficient (Wildman–Crippen LogP) is 3.08. The number of ether oxygens (including phenoxy) is 1. The summed E-state index contributed by atoms with van der Waals surface area (Å²) in [4.78, 5) is 4.48. The Hall–Kier alpha value is -3.22. The smallest absolute Gasteiger partial charge is 0.258 e. The van der Waals surface area contributed by atoms with Gasteiger partial charge in [-0.25, -0.2) is 4.68 Å². The third-order valence-corrected chi connectivity index (χ3v) is 3.71. The summed E-state index contributed by atoms with van der Waals surface area (Å²) in [5.74, 6) is 1.81. The maximum absolute atomic E-state index is 5.43. The second-order valence-electron chi connectivity index (χ2n) is 5.30.